The summed E-state index contributed by atoms with van der Waals surface area (Å²) in [5.74, 6) is 0.287. The zero-order valence-electron chi connectivity index (χ0n) is 17.8. The van der Waals surface area contributed by atoms with E-state index in [9.17, 15) is 22.8 Å². The second kappa shape index (κ2) is 11.5. The summed E-state index contributed by atoms with van der Waals surface area (Å²) in [7, 11) is 0. The first-order valence-electron chi connectivity index (χ1n) is 10.5. The maximum absolute atomic E-state index is 14.0. The second-order valence-electron chi connectivity index (χ2n) is 7.64. The van der Waals surface area contributed by atoms with E-state index in [-0.39, 0.29) is 44.5 Å². The zero-order valence-corrected chi connectivity index (χ0v) is 17.8. The number of rotatable bonds is 9. The van der Waals surface area contributed by atoms with Crippen LogP contribution in [0, 0.1) is 18.2 Å². The molecule has 1 aromatic carbocycles. The van der Waals surface area contributed by atoms with Crippen LogP contribution in [-0.2, 0) is 9.53 Å². The van der Waals surface area contributed by atoms with Gasteiger partial charge in [0.2, 0.25) is 5.91 Å². The van der Waals surface area contributed by atoms with E-state index in [1.165, 1.54) is 12.3 Å². The van der Waals surface area contributed by atoms with Gasteiger partial charge >= 0.3 is 6.61 Å². The van der Waals surface area contributed by atoms with Gasteiger partial charge < -0.3 is 20.1 Å². The number of hydrogen-bond acceptors (Lipinski definition) is 5. The van der Waals surface area contributed by atoms with E-state index in [1.54, 1.807) is 0 Å². The largest absolute Gasteiger partial charge is 0.432 e. The first kappa shape index (κ1) is 24.3. The molecule has 0 unspecified atom stereocenters. The van der Waals surface area contributed by atoms with Crippen molar-refractivity contribution in [2.75, 3.05) is 13.2 Å². The standard InChI is InChI=1S/C23H24F3N3O4.2H2/c1-2-3-8-27-21(30)13-32-17-6-4-16(5-7-17)29-22(31)15-9-14-10-18(24)20(33-23(25)26)11-19(14)28-12-15;;/h1,9-12,16-17,23H,3-8,13H2,(H,27,30)(H,29,31);2*1H. The predicted molar refractivity (Wildman–Crippen MR) is 118 cm³/mol. The highest BCUT2D eigenvalue weighted by Crippen LogP contribution is 2.26. The molecule has 2 amide bonds. The summed E-state index contributed by atoms with van der Waals surface area (Å²) < 4.78 is 48.5. The Labute approximate surface area is 192 Å². The second-order valence-corrected chi connectivity index (χ2v) is 7.64. The predicted octanol–water partition coefficient (Wildman–Crippen LogP) is 3.66. The van der Waals surface area contributed by atoms with Crippen molar-refractivity contribution in [2.24, 2.45) is 0 Å². The van der Waals surface area contributed by atoms with Gasteiger partial charge in [-0.2, -0.15) is 8.78 Å². The minimum absolute atomic E-state index is 0. The SMILES string of the molecule is C#CCCNC(=O)COC1CCC(NC(=O)c2cnc3cc(OC(F)F)c(F)cc3c2)CC1.[HH].[HH]. The van der Waals surface area contributed by atoms with Gasteiger partial charge in [0, 0.05) is 39.5 Å². The van der Waals surface area contributed by atoms with Gasteiger partial charge in [0.05, 0.1) is 17.2 Å². The van der Waals surface area contributed by atoms with Gasteiger partial charge in [-0.3, -0.25) is 14.6 Å². The van der Waals surface area contributed by atoms with Gasteiger partial charge in [0.1, 0.15) is 6.61 Å². The van der Waals surface area contributed by atoms with Crippen LogP contribution in [-0.4, -0.2) is 48.7 Å². The average Bonchev–Trinajstić information content (AvgIpc) is 2.78. The molecule has 2 aromatic rings. The third kappa shape index (κ3) is 7.08. The molecule has 1 saturated carbocycles. The fourth-order valence-electron chi connectivity index (χ4n) is 3.60. The molecule has 1 aliphatic carbocycles. The van der Waals surface area contributed by atoms with Gasteiger partial charge in [-0.1, -0.05) is 0 Å². The number of carbonyl (C=O) groups excluding carboxylic acids is 2. The van der Waals surface area contributed by atoms with Crippen LogP contribution in [0.5, 0.6) is 5.75 Å². The highest BCUT2D eigenvalue weighted by molar-refractivity contribution is 5.97. The summed E-state index contributed by atoms with van der Waals surface area (Å²) in [4.78, 5) is 28.3. The molecule has 33 heavy (non-hydrogen) atoms. The van der Waals surface area contributed by atoms with Crippen LogP contribution >= 0.6 is 0 Å². The Kier molecular flexibility index (Phi) is 8.49. The number of hydrogen-bond donors (Lipinski definition) is 2. The Bertz CT molecular complexity index is 1040. The van der Waals surface area contributed by atoms with Crippen molar-refractivity contribution in [2.45, 2.75) is 50.9 Å². The average molecular weight is 467 g/mol. The van der Waals surface area contributed by atoms with Crippen molar-refractivity contribution in [1.82, 2.24) is 15.6 Å². The summed E-state index contributed by atoms with van der Waals surface area (Å²) >= 11 is 0. The maximum Gasteiger partial charge on any atom is 0.387 e. The molecular weight excluding hydrogens is 439 g/mol. The third-order valence-corrected chi connectivity index (χ3v) is 5.26. The van der Waals surface area contributed by atoms with Crippen LogP contribution < -0.4 is 15.4 Å². The number of aromatic nitrogens is 1. The molecule has 1 heterocycles. The minimum Gasteiger partial charge on any atom is -0.432 e. The highest BCUT2D eigenvalue weighted by Gasteiger charge is 2.24. The lowest BCUT2D eigenvalue weighted by Gasteiger charge is -2.29. The van der Waals surface area contributed by atoms with Crippen LogP contribution in [0.25, 0.3) is 10.9 Å². The summed E-state index contributed by atoms with van der Waals surface area (Å²) in [6, 6.07) is 3.44. The first-order valence-corrected chi connectivity index (χ1v) is 10.5. The molecule has 10 heteroatoms. The number of ether oxygens (including phenoxy) is 2. The Morgan fingerprint density at radius 2 is 2.00 bits per heavy atom. The van der Waals surface area contributed by atoms with Gasteiger partial charge in [0.15, 0.2) is 11.6 Å². The third-order valence-electron chi connectivity index (χ3n) is 5.26. The Morgan fingerprint density at radius 1 is 1.24 bits per heavy atom. The number of fused-ring (bicyclic) bond motifs is 1. The van der Waals surface area contributed by atoms with Crippen molar-refractivity contribution < 1.29 is 35.1 Å². The number of amides is 2. The lowest BCUT2D eigenvalue weighted by atomic mass is 9.92. The van der Waals surface area contributed by atoms with E-state index in [0.717, 1.165) is 12.1 Å². The van der Waals surface area contributed by atoms with Gasteiger partial charge in [-0.25, -0.2) is 4.39 Å². The molecule has 0 bridgehead atoms. The monoisotopic (exact) mass is 467 g/mol. The van der Waals surface area contributed by atoms with Crippen LogP contribution in [0.1, 0.15) is 45.3 Å². The topological polar surface area (TPSA) is 89.6 Å². The van der Waals surface area contributed by atoms with Gasteiger partial charge in [-0.05, 0) is 37.8 Å². The summed E-state index contributed by atoms with van der Waals surface area (Å²) in [6.45, 7) is -2.77. The van der Waals surface area contributed by atoms with E-state index in [0.29, 0.717) is 44.0 Å². The molecule has 0 saturated heterocycles. The van der Waals surface area contributed by atoms with E-state index < -0.39 is 18.2 Å². The molecular formula is C23H28F3N3O4. The van der Waals surface area contributed by atoms with Crippen molar-refractivity contribution in [3.8, 4) is 18.1 Å². The van der Waals surface area contributed by atoms with Crippen molar-refractivity contribution in [3.63, 3.8) is 0 Å². The molecule has 1 fully saturated rings. The number of nitrogens with one attached hydrogen (secondary N) is 2. The molecule has 0 radical (unpaired) electrons. The smallest absolute Gasteiger partial charge is 0.387 e. The fourth-order valence-corrected chi connectivity index (χ4v) is 3.60. The Morgan fingerprint density at radius 3 is 2.70 bits per heavy atom. The highest BCUT2D eigenvalue weighted by atomic mass is 19.3. The summed E-state index contributed by atoms with van der Waals surface area (Å²) in [5, 5.41) is 5.88. The first-order chi connectivity index (χ1) is 15.9. The number of nitrogens with zero attached hydrogens (tertiary/aromatic N) is 1. The molecule has 0 atom stereocenters. The Balaban J connectivity index is 0.00000306. The van der Waals surface area contributed by atoms with Crippen molar-refractivity contribution in [3.05, 3.63) is 35.8 Å². The van der Waals surface area contributed by atoms with Crippen molar-refractivity contribution >= 4 is 22.7 Å². The number of alkyl halides is 2. The van der Waals surface area contributed by atoms with Gasteiger partial charge in [-0.15, -0.1) is 12.3 Å². The van der Waals surface area contributed by atoms with E-state index in [1.807, 2.05) is 0 Å². The van der Waals surface area contributed by atoms with Crippen LogP contribution in [0.15, 0.2) is 24.4 Å². The number of benzene rings is 1. The lowest BCUT2D eigenvalue weighted by molar-refractivity contribution is -0.128. The van der Waals surface area contributed by atoms with Crippen LogP contribution in [0.3, 0.4) is 0 Å². The molecule has 1 aromatic heterocycles. The normalized spacial score (nSPS) is 18.0. The number of terminal acetylenes is 1. The Hall–Kier alpha value is -3.32. The fraction of sp³-hybridized carbons (Fsp3) is 0.435. The quantitative estimate of drug-likeness (QED) is 0.434. The van der Waals surface area contributed by atoms with E-state index >= 15 is 0 Å². The molecule has 1 aliphatic rings. The van der Waals surface area contributed by atoms with E-state index in [4.69, 9.17) is 11.2 Å². The van der Waals surface area contributed by atoms with Gasteiger partial charge in [0.25, 0.3) is 5.91 Å². The molecule has 0 spiro atoms. The molecule has 2 N–H and O–H groups in total. The molecule has 0 aliphatic heterocycles. The molecule has 180 valence electrons. The number of carbonyl (C=O) groups is 2. The lowest BCUT2D eigenvalue weighted by Crippen LogP contribution is -2.40. The summed E-state index contributed by atoms with van der Waals surface area (Å²) in [5.41, 5.74) is 0.455. The molecule has 3 rings (SSSR count). The number of pyridine rings is 1. The maximum atomic E-state index is 14.0. The zero-order chi connectivity index (χ0) is 23.8. The summed E-state index contributed by atoms with van der Waals surface area (Å²) in [6.07, 6.45) is 9.58. The van der Waals surface area contributed by atoms with Crippen molar-refractivity contribution in [1.29, 1.82) is 0 Å². The van der Waals surface area contributed by atoms with E-state index in [2.05, 4.69) is 26.3 Å². The molecule has 7 nitrogen and oxygen atoms in total. The minimum atomic E-state index is -3.15. The number of halogens is 3. The van der Waals surface area contributed by atoms with Crippen LogP contribution in [0.4, 0.5) is 13.2 Å². The van der Waals surface area contributed by atoms with Crippen LogP contribution in [0.2, 0.25) is 0 Å².